The summed E-state index contributed by atoms with van der Waals surface area (Å²) >= 11 is 0. The van der Waals surface area contributed by atoms with Gasteiger partial charge in [0.1, 0.15) is 5.75 Å². The second-order valence-corrected chi connectivity index (χ2v) is 4.89. The maximum atomic E-state index is 11.9. The van der Waals surface area contributed by atoms with Crippen LogP contribution in [0.1, 0.15) is 42.4 Å². The lowest BCUT2D eigenvalue weighted by molar-refractivity contribution is -0.123. The second kappa shape index (κ2) is 5.42. The summed E-state index contributed by atoms with van der Waals surface area (Å²) in [5.41, 5.74) is 3.40. The summed E-state index contributed by atoms with van der Waals surface area (Å²) < 4.78 is 5.59. The molecule has 0 spiro atoms. The molecule has 0 aliphatic carbocycles. The molecule has 0 bridgehead atoms. The Morgan fingerprint density at radius 1 is 1.33 bits per heavy atom. The maximum absolute atomic E-state index is 11.9. The lowest BCUT2D eigenvalue weighted by Gasteiger charge is -2.24. The molecule has 2 rings (SSSR count). The quantitative estimate of drug-likeness (QED) is 0.891. The number of carbonyl (C=O) groups excluding carboxylic acids is 1. The molecular formula is C15H21NO2. The molecule has 3 heteroatoms. The van der Waals surface area contributed by atoms with E-state index in [2.05, 4.69) is 24.4 Å². The Bertz CT molecular complexity index is 454. The fraction of sp³-hybridized carbons (Fsp3) is 0.533. The first-order valence-electron chi connectivity index (χ1n) is 6.65. The topological polar surface area (TPSA) is 38.3 Å². The molecular weight excluding hydrogens is 226 g/mol. The number of ether oxygens (including phenoxy) is 1. The van der Waals surface area contributed by atoms with E-state index in [9.17, 15) is 4.79 Å². The second-order valence-electron chi connectivity index (χ2n) is 4.89. The van der Waals surface area contributed by atoms with Crippen LogP contribution < -0.4 is 10.1 Å². The van der Waals surface area contributed by atoms with Crippen molar-refractivity contribution in [1.29, 1.82) is 0 Å². The van der Waals surface area contributed by atoms with E-state index in [1.165, 1.54) is 0 Å². The Morgan fingerprint density at radius 2 is 2.11 bits per heavy atom. The molecule has 0 aromatic heterocycles. The minimum Gasteiger partial charge on any atom is -0.494 e. The summed E-state index contributed by atoms with van der Waals surface area (Å²) in [6.07, 6.45) is 2.00. The zero-order chi connectivity index (χ0) is 13.1. The first-order chi connectivity index (χ1) is 8.63. The van der Waals surface area contributed by atoms with Gasteiger partial charge in [-0.15, -0.1) is 0 Å². The minimum absolute atomic E-state index is 0.00752. The van der Waals surface area contributed by atoms with Crippen LogP contribution in [-0.4, -0.2) is 19.1 Å². The number of carbonyl (C=O) groups is 1. The number of aryl methyl sites for hydroxylation is 2. The molecule has 1 saturated heterocycles. The fourth-order valence-electron chi connectivity index (χ4n) is 2.57. The normalized spacial score (nSPS) is 19.5. The highest BCUT2D eigenvalue weighted by Gasteiger charge is 2.25. The number of rotatable bonds is 3. The number of amides is 1. The fourth-order valence-corrected chi connectivity index (χ4v) is 2.57. The molecule has 1 amide bonds. The van der Waals surface area contributed by atoms with Gasteiger partial charge < -0.3 is 10.1 Å². The van der Waals surface area contributed by atoms with E-state index < -0.39 is 0 Å². The smallest absolute Gasteiger partial charge is 0.227 e. The van der Waals surface area contributed by atoms with Gasteiger partial charge in [0, 0.05) is 6.54 Å². The van der Waals surface area contributed by atoms with Crippen LogP contribution in [0.15, 0.2) is 12.1 Å². The highest BCUT2D eigenvalue weighted by Crippen LogP contribution is 2.31. The monoisotopic (exact) mass is 247 g/mol. The molecule has 1 heterocycles. The van der Waals surface area contributed by atoms with Gasteiger partial charge >= 0.3 is 0 Å². The Balaban J connectivity index is 2.33. The van der Waals surface area contributed by atoms with Crippen molar-refractivity contribution in [2.24, 2.45) is 0 Å². The first kappa shape index (κ1) is 12.9. The average Bonchev–Trinajstić information content (AvgIpc) is 2.35. The third-order valence-corrected chi connectivity index (χ3v) is 3.52. The van der Waals surface area contributed by atoms with Crippen molar-refractivity contribution in [3.63, 3.8) is 0 Å². The Kier molecular flexibility index (Phi) is 3.90. The summed E-state index contributed by atoms with van der Waals surface area (Å²) in [4.78, 5) is 11.9. The largest absolute Gasteiger partial charge is 0.494 e. The van der Waals surface area contributed by atoms with Gasteiger partial charge in [0.15, 0.2) is 0 Å². The van der Waals surface area contributed by atoms with Crippen molar-refractivity contribution in [2.45, 2.75) is 39.5 Å². The Morgan fingerprint density at radius 3 is 2.78 bits per heavy atom. The van der Waals surface area contributed by atoms with E-state index in [1.54, 1.807) is 0 Å². The molecule has 18 heavy (non-hydrogen) atoms. The molecule has 1 unspecified atom stereocenters. The van der Waals surface area contributed by atoms with Gasteiger partial charge in [0.2, 0.25) is 5.91 Å². The molecule has 3 nitrogen and oxygen atoms in total. The van der Waals surface area contributed by atoms with Crippen molar-refractivity contribution in [3.8, 4) is 5.75 Å². The first-order valence-corrected chi connectivity index (χ1v) is 6.65. The molecule has 1 aromatic rings. The summed E-state index contributed by atoms with van der Waals surface area (Å²) in [5, 5.41) is 2.95. The van der Waals surface area contributed by atoms with Crippen LogP contribution in [0.25, 0.3) is 0 Å². The molecule has 1 fully saturated rings. The van der Waals surface area contributed by atoms with Crippen LogP contribution in [0.2, 0.25) is 0 Å². The molecule has 1 N–H and O–H groups in total. The van der Waals surface area contributed by atoms with Gasteiger partial charge in [0.25, 0.3) is 0 Å². The van der Waals surface area contributed by atoms with E-state index in [-0.39, 0.29) is 11.8 Å². The molecule has 0 radical (unpaired) electrons. The molecule has 1 aliphatic rings. The highest BCUT2D eigenvalue weighted by atomic mass is 16.5. The van der Waals surface area contributed by atoms with E-state index >= 15 is 0 Å². The van der Waals surface area contributed by atoms with Gasteiger partial charge in [-0.05, 0) is 56.4 Å². The van der Waals surface area contributed by atoms with Crippen LogP contribution in [0.3, 0.4) is 0 Å². The van der Waals surface area contributed by atoms with Crippen LogP contribution in [0, 0.1) is 13.8 Å². The number of benzene rings is 1. The summed E-state index contributed by atoms with van der Waals surface area (Å²) in [6.45, 7) is 7.55. The predicted molar refractivity (Wildman–Crippen MR) is 72.1 cm³/mol. The number of piperidine rings is 1. The number of hydrogen-bond acceptors (Lipinski definition) is 2. The van der Waals surface area contributed by atoms with Crippen molar-refractivity contribution in [2.75, 3.05) is 13.2 Å². The van der Waals surface area contributed by atoms with E-state index in [4.69, 9.17) is 4.74 Å². The van der Waals surface area contributed by atoms with Gasteiger partial charge in [-0.25, -0.2) is 0 Å². The molecule has 98 valence electrons. The van der Waals surface area contributed by atoms with Gasteiger partial charge in [-0.3, -0.25) is 4.79 Å². The summed E-state index contributed by atoms with van der Waals surface area (Å²) in [7, 11) is 0. The molecule has 1 atom stereocenters. The lowest BCUT2D eigenvalue weighted by Crippen LogP contribution is -2.35. The SMILES string of the molecule is CCOc1cc(C)c(C2CCCNC2=O)cc1C. The predicted octanol–water partition coefficient (Wildman–Crippen LogP) is 2.70. The standard InChI is InChI=1S/C15H21NO2/c1-4-18-14-9-10(2)13(8-11(14)3)12-6-5-7-16-15(12)17/h8-9,12H,4-7H2,1-3H3,(H,16,17). The minimum atomic E-state index is 0.00752. The van der Waals surface area contributed by atoms with Crippen LogP contribution in [0.5, 0.6) is 5.75 Å². The zero-order valence-corrected chi connectivity index (χ0v) is 11.4. The van der Waals surface area contributed by atoms with Crippen molar-refractivity contribution in [3.05, 3.63) is 28.8 Å². The van der Waals surface area contributed by atoms with Crippen LogP contribution in [-0.2, 0) is 4.79 Å². The number of hydrogen-bond donors (Lipinski definition) is 1. The van der Waals surface area contributed by atoms with Crippen molar-refractivity contribution >= 4 is 5.91 Å². The van der Waals surface area contributed by atoms with Gasteiger partial charge in [-0.2, -0.15) is 0 Å². The molecule has 0 saturated carbocycles. The summed E-state index contributed by atoms with van der Waals surface area (Å²) in [5.74, 6) is 1.09. The maximum Gasteiger partial charge on any atom is 0.227 e. The molecule has 1 aromatic carbocycles. The number of nitrogens with one attached hydrogen (secondary N) is 1. The van der Waals surface area contributed by atoms with Crippen LogP contribution in [0.4, 0.5) is 0 Å². The van der Waals surface area contributed by atoms with E-state index in [1.807, 2.05) is 13.8 Å². The zero-order valence-electron chi connectivity index (χ0n) is 11.4. The molecule has 1 aliphatic heterocycles. The Hall–Kier alpha value is -1.51. The van der Waals surface area contributed by atoms with E-state index in [0.29, 0.717) is 6.61 Å². The van der Waals surface area contributed by atoms with Crippen LogP contribution >= 0.6 is 0 Å². The van der Waals surface area contributed by atoms with Gasteiger partial charge in [0.05, 0.1) is 12.5 Å². The van der Waals surface area contributed by atoms with Gasteiger partial charge in [-0.1, -0.05) is 6.07 Å². The lowest BCUT2D eigenvalue weighted by atomic mass is 9.87. The van der Waals surface area contributed by atoms with E-state index in [0.717, 1.165) is 41.8 Å². The van der Waals surface area contributed by atoms with Crippen molar-refractivity contribution < 1.29 is 9.53 Å². The summed E-state index contributed by atoms with van der Waals surface area (Å²) in [6, 6.07) is 4.16. The average molecular weight is 247 g/mol. The third kappa shape index (κ3) is 2.50. The highest BCUT2D eigenvalue weighted by molar-refractivity contribution is 5.84. The third-order valence-electron chi connectivity index (χ3n) is 3.52. The Labute approximate surface area is 109 Å². The van der Waals surface area contributed by atoms with Crippen molar-refractivity contribution in [1.82, 2.24) is 5.32 Å².